The highest BCUT2D eigenvalue weighted by molar-refractivity contribution is 5.68. The Morgan fingerprint density at radius 1 is 1.09 bits per heavy atom. The zero-order valence-electron chi connectivity index (χ0n) is 18.0. The summed E-state index contributed by atoms with van der Waals surface area (Å²) in [4.78, 5) is 24.5. The Morgan fingerprint density at radius 2 is 1.85 bits per heavy atom. The van der Waals surface area contributed by atoms with Gasteiger partial charge in [0.1, 0.15) is 17.1 Å². The molecule has 34 heavy (non-hydrogen) atoms. The van der Waals surface area contributed by atoms with Gasteiger partial charge in [0.25, 0.3) is 5.56 Å². The number of alkyl halides is 3. The smallest absolute Gasteiger partial charge is 0.420 e. The van der Waals surface area contributed by atoms with Crippen molar-refractivity contribution in [2.75, 3.05) is 0 Å². The second-order valence-electron chi connectivity index (χ2n) is 7.58. The van der Waals surface area contributed by atoms with Gasteiger partial charge in [-0.1, -0.05) is 18.2 Å². The summed E-state index contributed by atoms with van der Waals surface area (Å²) < 4.78 is 62.0. The third-order valence-electron chi connectivity index (χ3n) is 5.26. The normalized spacial score (nSPS) is 11.6. The molecule has 0 saturated carbocycles. The molecule has 0 radical (unpaired) electrons. The molecule has 2 heterocycles. The van der Waals surface area contributed by atoms with Gasteiger partial charge in [0.15, 0.2) is 5.82 Å². The quantitative estimate of drug-likeness (QED) is 0.439. The van der Waals surface area contributed by atoms with E-state index in [1.54, 1.807) is 25.1 Å². The van der Waals surface area contributed by atoms with Gasteiger partial charge in [-0.15, -0.1) is 0 Å². The van der Waals surface area contributed by atoms with E-state index < -0.39 is 34.6 Å². The third-order valence-corrected chi connectivity index (χ3v) is 5.26. The van der Waals surface area contributed by atoms with Crippen LogP contribution in [0.5, 0.6) is 11.5 Å². The molecule has 0 aliphatic rings. The van der Waals surface area contributed by atoms with Crippen LogP contribution in [0.3, 0.4) is 0 Å². The van der Waals surface area contributed by atoms with Crippen LogP contribution >= 0.6 is 0 Å². The van der Waals surface area contributed by atoms with Crippen molar-refractivity contribution in [1.29, 1.82) is 0 Å². The van der Waals surface area contributed by atoms with Crippen LogP contribution in [0, 0.1) is 12.7 Å². The number of H-pyrrole nitrogens is 1. The highest BCUT2D eigenvalue weighted by atomic mass is 19.4. The number of nitrogens with zero attached hydrogens (tertiary/aromatic N) is 3. The lowest BCUT2D eigenvalue weighted by Gasteiger charge is -2.16. The minimum absolute atomic E-state index is 0.00479. The fourth-order valence-corrected chi connectivity index (χ4v) is 3.47. The summed E-state index contributed by atoms with van der Waals surface area (Å²) in [5.41, 5.74) is -0.951. The molecule has 0 atom stereocenters. The Bertz CT molecular complexity index is 1480. The molecule has 4 rings (SSSR count). The Labute approximate surface area is 189 Å². The van der Waals surface area contributed by atoms with Crippen LogP contribution < -0.4 is 16.0 Å². The summed E-state index contributed by atoms with van der Waals surface area (Å²) in [6, 6.07) is 11.1. The van der Waals surface area contributed by atoms with E-state index in [4.69, 9.17) is 4.74 Å². The average Bonchev–Trinajstić information content (AvgIpc) is 3.08. The lowest BCUT2D eigenvalue weighted by atomic mass is 10.0. The molecule has 0 fully saturated rings. The molecular formula is C23H18F4N4O3. The van der Waals surface area contributed by atoms with Crippen molar-refractivity contribution >= 4 is 0 Å². The highest BCUT2D eigenvalue weighted by Gasteiger charge is 2.36. The molecule has 0 aliphatic heterocycles. The van der Waals surface area contributed by atoms with Crippen LogP contribution in [-0.2, 0) is 19.8 Å². The Morgan fingerprint density at radius 3 is 2.47 bits per heavy atom. The number of halogens is 4. The van der Waals surface area contributed by atoms with Crippen molar-refractivity contribution in [2.24, 2.45) is 7.05 Å². The van der Waals surface area contributed by atoms with Crippen molar-refractivity contribution in [3.8, 4) is 22.6 Å². The van der Waals surface area contributed by atoms with Crippen molar-refractivity contribution in [3.63, 3.8) is 0 Å². The number of aromatic amines is 1. The largest absolute Gasteiger partial charge is 0.451 e. The van der Waals surface area contributed by atoms with E-state index in [1.165, 1.54) is 31.3 Å². The first-order valence-electron chi connectivity index (χ1n) is 10.00. The lowest BCUT2D eigenvalue weighted by Crippen LogP contribution is -2.26. The Kier molecular flexibility index (Phi) is 5.86. The molecule has 0 saturated heterocycles. The summed E-state index contributed by atoms with van der Waals surface area (Å²) >= 11 is 0. The average molecular weight is 474 g/mol. The predicted molar refractivity (Wildman–Crippen MR) is 115 cm³/mol. The van der Waals surface area contributed by atoms with Gasteiger partial charge in [-0.25, -0.2) is 14.3 Å². The van der Waals surface area contributed by atoms with Gasteiger partial charge < -0.3 is 9.30 Å². The summed E-state index contributed by atoms with van der Waals surface area (Å²) in [5, 5.41) is 5.97. The molecule has 0 unspecified atom stereocenters. The molecule has 2 aromatic heterocycles. The van der Waals surface area contributed by atoms with Crippen LogP contribution in [0.1, 0.15) is 17.0 Å². The number of aryl methyl sites for hydroxylation is 1. The second-order valence-corrected chi connectivity index (χ2v) is 7.58. The maximum Gasteiger partial charge on any atom is 0.420 e. The van der Waals surface area contributed by atoms with Gasteiger partial charge in [0.05, 0.1) is 6.54 Å². The van der Waals surface area contributed by atoms with Crippen molar-refractivity contribution < 1.29 is 22.3 Å². The number of ether oxygens (including phenoxy) is 1. The summed E-state index contributed by atoms with van der Waals surface area (Å²) in [6.07, 6.45) is -3.88. The zero-order chi connectivity index (χ0) is 24.6. The van der Waals surface area contributed by atoms with E-state index in [2.05, 4.69) is 10.2 Å². The molecule has 0 spiro atoms. The first-order valence-corrected chi connectivity index (χ1v) is 10.00. The molecule has 0 bridgehead atoms. The van der Waals surface area contributed by atoms with Gasteiger partial charge in [0, 0.05) is 13.2 Å². The van der Waals surface area contributed by atoms with Crippen molar-refractivity contribution in [2.45, 2.75) is 19.6 Å². The fourth-order valence-electron chi connectivity index (χ4n) is 3.47. The summed E-state index contributed by atoms with van der Waals surface area (Å²) in [7, 11) is 1.41. The molecular weight excluding hydrogens is 456 g/mol. The number of hydrogen-bond acceptors (Lipinski definition) is 4. The van der Waals surface area contributed by atoms with Crippen molar-refractivity contribution in [3.05, 3.63) is 98.3 Å². The maximum atomic E-state index is 13.6. The number of hydrogen-bond donors (Lipinski definition) is 1. The van der Waals surface area contributed by atoms with Crippen LogP contribution in [0.4, 0.5) is 17.6 Å². The zero-order valence-corrected chi connectivity index (χ0v) is 18.0. The van der Waals surface area contributed by atoms with Gasteiger partial charge in [0.2, 0.25) is 5.75 Å². The number of pyridine rings is 1. The van der Waals surface area contributed by atoms with Crippen LogP contribution in [0.15, 0.2) is 64.3 Å². The second kappa shape index (κ2) is 8.65. The molecule has 7 nitrogen and oxygen atoms in total. The summed E-state index contributed by atoms with van der Waals surface area (Å²) in [5.74, 6) is -1.18. The minimum atomic E-state index is -4.84. The van der Waals surface area contributed by atoms with E-state index in [1.807, 2.05) is 0 Å². The number of nitrogens with one attached hydrogen (secondary N) is 1. The number of aromatic nitrogens is 4. The van der Waals surface area contributed by atoms with E-state index in [9.17, 15) is 27.2 Å². The number of rotatable bonds is 5. The standard InChI is InChI=1S/C23H18F4N4O3/c1-13-10-16(6-7-17(13)14-4-3-5-15(24)11-14)34-20-18(23(25,26)27)8-9-31(21(20)32)12-19-28-29-22(33)30(19)2/h3-11H,12H2,1-2H3,(H,29,33). The molecule has 0 amide bonds. The van der Waals surface area contributed by atoms with E-state index in [-0.39, 0.29) is 18.1 Å². The van der Waals surface area contributed by atoms with Gasteiger partial charge >= 0.3 is 11.9 Å². The van der Waals surface area contributed by atoms with Crippen LogP contribution in [0.25, 0.3) is 11.1 Å². The highest BCUT2D eigenvalue weighted by Crippen LogP contribution is 2.37. The van der Waals surface area contributed by atoms with Crippen molar-refractivity contribution in [1.82, 2.24) is 19.3 Å². The Hall–Kier alpha value is -4.15. The molecule has 1 N–H and O–H groups in total. The van der Waals surface area contributed by atoms with Gasteiger partial charge in [-0.2, -0.15) is 18.3 Å². The molecule has 4 aromatic rings. The van der Waals surface area contributed by atoms with E-state index >= 15 is 0 Å². The first-order chi connectivity index (χ1) is 16.0. The first kappa shape index (κ1) is 23.0. The maximum absolute atomic E-state index is 13.6. The minimum Gasteiger partial charge on any atom is -0.451 e. The van der Waals surface area contributed by atoms with E-state index in [0.29, 0.717) is 16.7 Å². The van der Waals surface area contributed by atoms with E-state index in [0.717, 1.165) is 21.4 Å². The number of benzene rings is 2. The summed E-state index contributed by atoms with van der Waals surface area (Å²) in [6.45, 7) is 1.44. The predicted octanol–water partition coefficient (Wildman–Crippen LogP) is 4.24. The molecule has 0 aliphatic carbocycles. The molecule has 176 valence electrons. The van der Waals surface area contributed by atoms with Crippen LogP contribution in [-0.4, -0.2) is 19.3 Å². The topological polar surface area (TPSA) is 81.9 Å². The monoisotopic (exact) mass is 474 g/mol. The fraction of sp³-hybridized carbons (Fsp3) is 0.174. The van der Waals surface area contributed by atoms with Crippen LogP contribution in [0.2, 0.25) is 0 Å². The molecule has 2 aromatic carbocycles. The third kappa shape index (κ3) is 4.49. The Balaban J connectivity index is 1.74. The lowest BCUT2D eigenvalue weighted by molar-refractivity contribution is -0.138. The SMILES string of the molecule is Cc1cc(Oc2c(C(F)(F)F)ccn(Cc3n[nH]c(=O)n3C)c2=O)ccc1-c1cccc(F)c1. The van der Waals surface area contributed by atoms with Gasteiger partial charge in [-0.05, 0) is 53.9 Å². The van der Waals surface area contributed by atoms with Gasteiger partial charge in [-0.3, -0.25) is 9.36 Å². The molecule has 11 heteroatoms.